The third-order valence-corrected chi connectivity index (χ3v) is 7.82. The molecule has 0 saturated carbocycles. The van der Waals surface area contributed by atoms with E-state index in [0.29, 0.717) is 11.3 Å². The molecular weight excluding hydrogens is 484 g/mol. The number of carbonyl (C=O) groups excluding carboxylic acids is 1. The number of hydrogen-bond acceptors (Lipinski definition) is 5. The molecule has 7 heteroatoms. The Morgan fingerprint density at radius 1 is 0.946 bits per heavy atom. The van der Waals surface area contributed by atoms with Crippen LogP contribution in [0.5, 0.6) is 5.75 Å². The lowest BCUT2D eigenvalue weighted by Crippen LogP contribution is -2.43. The number of nitrogens with one attached hydrogen (secondary N) is 2. The third-order valence-electron chi connectivity index (χ3n) is 6.44. The lowest BCUT2D eigenvalue weighted by Gasteiger charge is -2.35. The van der Waals surface area contributed by atoms with Gasteiger partial charge in [0.15, 0.2) is 5.78 Å². The van der Waals surface area contributed by atoms with Crippen molar-refractivity contribution in [2.45, 2.75) is 30.7 Å². The highest BCUT2D eigenvalue weighted by Gasteiger charge is 2.28. The molecule has 0 unspecified atom stereocenters. The van der Waals surface area contributed by atoms with E-state index >= 15 is 0 Å². The zero-order valence-corrected chi connectivity index (χ0v) is 21.7. The summed E-state index contributed by atoms with van der Waals surface area (Å²) in [6, 6.07) is 24.9. The Balaban J connectivity index is 1.38. The maximum absolute atomic E-state index is 13.1. The number of ether oxygens (including phenoxy) is 1. The van der Waals surface area contributed by atoms with Crippen molar-refractivity contribution in [1.29, 1.82) is 0 Å². The summed E-state index contributed by atoms with van der Waals surface area (Å²) < 4.78 is 33.9. The molecule has 0 amide bonds. The van der Waals surface area contributed by atoms with Crippen molar-refractivity contribution in [2.75, 3.05) is 11.8 Å². The fourth-order valence-corrected chi connectivity index (χ4v) is 5.71. The largest absolute Gasteiger partial charge is 0.497 e. The fraction of sp³-hybridized carbons (Fsp3) is 0.167. The molecule has 188 valence electrons. The van der Waals surface area contributed by atoms with Crippen LogP contribution in [0.3, 0.4) is 0 Å². The van der Waals surface area contributed by atoms with Crippen LogP contribution in [0.15, 0.2) is 95.9 Å². The molecule has 0 spiro atoms. The highest BCUT2D eigenvalue weighted by molar-refractivity contribution is 7.92. The third kappa shape index (κ3) is 5.22. The molecule has 1 aliphatic heterocycles. The number of methoxy groups -OCH3 is 1. The molecule has 6 nitrogen and oxygen atoms in total. The molecule has 2 N–H and O–H groups in total. The Morgan fingerprint density at radius 3 is 2.41 bits per heavy atom. The first-order chi connectivity index (χ1) is 17.6. The van der Waals surface area contributed by atoms with E-state index in [-0.39, 0.29) is 16.2 Å². The van der Waals surface area contributed by atoms with E-state index in [9.17, 15) is 13.2 Å². The molecule has 0 saturated heterocycles. The minimum atomic E-state index is -3.78. The second-order valence-corrected chi connectivity index (χ2v) is 11.5. The molecule has 0 aromatic heterocycles. The first-order valence-corrected chi connectivity index (χ1v) is 13.5. The number of allylic oxidation sites excluding steroid dienone is 1. The minimum Gasteiger partial charge on any atom is -0.497 e. The SMILES string of the molecule is COc1ccc2c(c1)/C(=C/C(=O)c1ccc(NS(=O)(=O)c3ccc4ccccc4c3)cc1)NC(C)(C)C2. The Bertz CT molecular complexity index is 1640. The van der Waals surface area contributed by atoms with Crippen LogP contribution >= 0.6 is 0 Å². The van der Waals surface area contributed by atoms with Crippen molar-refractivity contribution < 1.29 is 17.9 Å². The molecule has 1 heterocycles. The standard InChI is InChI=1S/C30H28N2O4S/c1-30(2)19-23-10-14-25(36-3)17-27(23)28(31-30)18-29(33)21-8-12-24(13-9-21)32-37(34,35)26-15-11-20-6-4-5-7-22(20)16-26/h4-18,31-32H,19H2,1-3H3/b28-18-. The van der Waals surface area contributed by atoms with Gasteiger partial charge < -0.3 is 10.1 Å². The highest BCUT2D eigenvalue weighted by atomic mass is 32.2. The predicted octanol–water partition coefficient (Wildman–Crippen LogP) is 5.80. The number of ketones is 1. The maximum atomic E-state index is 13.1. The average Bonchev–Trinajstić information content (AvgIpc) is 2.87. The topological polar surface area (TPSA) is 84.5 Å². The van der Waals surface area contributed by atoms with E-state index in [2.05, 4.69) is 23.9 Å². The summed E-state index contributed by atoms with van der Waals surface area (Å²) in [5, 5.41) is 5.28. The van der Waals surface area contributed by atoms with E-state index in [1.54, 1.807) is 55.7 Å². The van der Waals surface area contributed by atoms with Gasteiger partial charge in [-0.05, 0) is 85.1 Å². The summed E-state index contributed by atoms with van der Waals surface area (Å²) in [7, 11) is -2.17. The lowest BCUT2D eigenvalue weighted by molar-refractivity contribution is 0.104. The van der Waals surface area contributed by atoms with Crippen LogP contribution in [-0.2, 0) is 16.4 Å². The van der Waals surface area contributed by atoms with E-state index in [4.69, 9.17) is 4.74 Å². The molecule has 5 rings (SSSR count). The molecule has 4 aromatic rings. The van der Waals surface area contributed by atoms with Crippen LogP contribution in [-0.4, -0.2) is 26.8 Å². The summed E-state index contributed by atoms with van der Waals surface area (Å²) in [6.07, 6.45) is 2.41. The van der Waals surface area contributed by atoms with Gasteiger partial charge in [0.05, 0.1) is 12.0 Å². The lowest BCUT2D eigenvalue weighted by atomic mass is 9.85. The molecule has 1 aliphatic rings. The second-order valence-electron chi connectivity index (χ2n) is 9.82. The van der Waals surface area contributed by atoms with Gasteiger partial charge in [0.2, 0.25) is 0 Å². The van der Waals surface area contributed by atoms with Crippen LogP contribution in [0, 0.1) is 0 Å². The monoisotopic (exact) mass is 512 g/mol. The Kier molecular flexibility index (Phi) is 6.25. The molecule has 0 atom stereocenters. The molecule has 0 fully saturated rings. The number of carbonyl (C=O) groups is 1. The number of fused-ring (bicyclic) bond motifs is 2. The van der Waals surface area contributed by atoms with Gasteiger partial charge in [0, 0.05) is 34.1 Å². The number of rotatable bonds is 6. The van der Waals surface area contributed by atoms with E-state index in [1.165, 1.54) is 0 Å². The molecule has 37 heavy (non-hydrogen) atoms. The minimum absolute atomic E-state index is 0.177. The highest BCUT2D eigenvalue weighted by Crippen LogP contribution is 2.32. The van der Waals surface area contributed by atoms with E-state index < -0.39 is 10.0 Å². The average molecular weight is 513 g/mol. The van der Waals surface area contributed by atoms with Gasteiger partial charge in [0.1, 0.15) is 5.75 Å². The van der Waals surface area contributed by atoms with Gasteiger partial charge in [-0.15, -0.1) is 0 Å². The van der Waals surface area contributed by atoms with Crippen molar-refractivity contribution in [2.24, 2.45) is 0 Å². The molecular formula is C30H28N2O4S. The second kappa shape index (κ2) is 9.41. The normalized spacial score (nSPS) is 15.6. The van der Waals surface area contributed by atoms with Crippen LogP contribution in [0.4, 0.5) is 5.69 Å². The van der Waals surface area contributed by atoms with Crippen molar-refractivity contribution >= 4 is 38.0 Å². The van der Waals surface area contributed by atoms with Crippen molar-refractivity contribution in [3.05, 3.63) is 108 Å². The zero-order valence-electron chi connectivity index (χ0n) is 20.9. The van der Waals surface area contributed by atoms with Gasteiger partial charge in [-0.25, -0.2) is 8.42 Å². The van der Waals surface area contributed by atoms with E-state index in [1.807, 2.05) is 42.5 Å². The predicted molar refractivity (Wildman–Crippen MR) is 147 cm³/mol. The number of sulfonamides is 1. The van der Waals surface area contributed by atoms with Gasteiger partial charge in [-0.2, -0.15) is 0 Å². The van der Waals surface area contributed by atoms with Crippen LogP contribution < -0.4 is 14.8 Å². The maximum Gasteiger partial charge on any atom is 0.261 e. The smallest absolute Gasteiger partial charge is 0.261 e. The summed E-state index contributed by atoms with van der Waals surface area (Å²) in [4.78, 5) is 13.3. The number of hydrogen-bond donors (Lipinski definition) is 2. The van der Waals surface area contributed by atoms with Gasteiger partial charge in [0.25, 0.3) is 10.0 Å². The van der Waals surface area contributed by atoms with E-state index in [0.717, 1.165) is 39.8 Å². The van der Waals surface area contributed by atoms with Gasteiger partial charge in [-0.1, -0.05) is 36.4 Å². The Morgan fingerprint density at radius 2 is 1.68 bits per heavy atom. The quantitative estimate of drug-likeness (QED) is 0.252. The fourth-order valence-electron chi connectivity index (χ4n) is 4.62. The summed E-state index contributed by atoms with van der Waals surface area (Å²) >= 11 is 0. The summed E-state index contributed by atoms with van der Waals surface area (Å²) in [6.45, 7) is 4.18. The summed E-state index contributed by atoms with van der Waals surface area (Å²) in [5.74, 6) is 0.541. The van der Waals surface area contributed by atoms with Gasteiger partial charge >= 0.3 is 0 Å². The van der Waals surface area contributed by atoms with Crippen LogP contribution in [0.25, 0.3) is 16.5 Å². The number of benzene rings is 4. The number of anilines is 1. The first kappa shape index (κ1) is 24.6. The van der Waals surface area contributed by atoms with Crippen LogP contribution in [0.2, 0.25) is 0 Å². The summed E-state index contributed by atoms with van der Waals surface area (Å²) in [5.41, 5.74) is 3.43. The molecule has 0 bridgehead atoms. The van der Waals surface area contributed by atoms with Gasteiger partial charge in [-0.3, -0.25) is 9.52 Å². The molecule has 4 aromatic carbocycles. The first-order valence-electron chi connectivity index (χ1n) is 12.0. The van der Waals surface area contributed by atoms with Crippen molar-refractivity contribution in [3.63, 3.8) is 0 Å². The Hall–Kier alpha value is -4.10. The Labute approximate surface area is 217 Å². The molecule has 0 aliphatic carbocycles. The van der Waals surface area contributed by atoms with Crippen LogP contribution in [0.1, 0.15) is 35.3 Å². The van der Waals surface area contributed by atoms with Crippen molar-refractivity contribution in [3.8, 4) is 5.75 Å². The van der Waals surface area contributed by atoms with Crippen molar-refractivity contribution in [1.82, 2.24) is 5.32 Å². The molecule has 0 radical (unpaired) electrons. The zero-order chi connectivity index (χ0) is 26.2.